The molecule has 1 aromatic heterocycles. The molecule has 186 valence electrons. The van der Waals surface area contributed by atoms with E-state index in [0.717, 1.165) is 28.9 Å². The number of thioether (sulfide) groups is 3. The fraction of sp³-hybridized carbons (Fsp3) is 0.350. The first-order valence-corrected chi connectivity index (χ1v) is 13.8. The number of aromatic nitrogens is 2. The summed E-state index contributed by atoms with van der Waals surface area (Å²) < 4.78 is 38.7. The van der Waals surface area contributed by atoms with Crippen molar-refractivity contribution in [3.63, 3.8) is 0 Å². The maximum absolute atomic E-state index is 12.7. The molecule has 0 saturated carbocycles. The van der Waals surface area contributed by atoms with Gasteiger partial charge in [0.1, 0.15) is 22.1 Å². The number of nitrogens with one attached hydrogen (secondary N) is 1. The summed E-state index contributed by atoms with van der Waals surface area (Å²) in [5.74, 6) is -1.56. The van der Waals surface area contributed by atoms with E-state index in [1.54, 1.807) is 0 Å². The summed E-state index contributed by atoms with van der Waals surface area (Å²) in [5, 5.41) is 20.6. The number of fused-ring (bicyclic) bond motifs is 1. The van der Waals surface area contributed by atoms with Gasteiger partial charge in [-0.15, -0.1) is 33.7 Å². The number of β-lactam (4-membered cyclic amide) rings is 1. The number of carboxylic acid groups (broad SMARTS) is 1. The quantitative estimate of drug-likeness (QED) is 0.369. The molecule has 2 amide bonds. The van der Waals surface area contributed by atoms with E-state index in [1.165, 1.54) is 51.9 Å². The maximum atomic E-state index is 12.7. The molecule has 0 radical (unpaired) electrons. The number of nitrogens with zero attached hydrogens (tertiary/aromatic N) is 3. The Morgan fingerprint density at radius 1 is 1.23 bits per heavy atom. The number of rotatable bonds is 8. The van der Waals surface area contributed by atoms with Gasteiger partial charge in [-0.05, 0) is 36.8 Å². The average Bonchev–Trinajstić information content (AvgIpc) is 3.23. The lowest BCUT2D eigenvalue weighted by Gasteiger charge is -2.49. The Hall–Kier alpha value is -2.23. The SMILES string of the molecule is Cc1nnc(SCC2=C(C(=O)O)N3C(=O)[C@@H](NC(=O)CSc4ccc(C(F)(F)F)cc4)[C@H]3SC2)s1. The van der Waals surface area contributed by atoms with Crippen LogP contribution in [0.4, 0.5) is 13.2 Å². The maximum Gasteiger partial charge on any atom is 0.416 e. The highest BCUT2D eigenvalue weighted by atomic mass is 32.2. The van der Waals surface area contributed by atoms with Crippen molar-refractivity contribution in [2.75, 3.05) is 17.3 Å². The minimum absolute atomic E-state index is 0.0721. The predicted octanol–water partition coefficient (Wildman–Crippen LogP) is 3.49. The van der Waals surface area contributed by atoms with Gasteiger partial charge in [-0.2, -0.15) is 13.2 Å². The fourth-order valence-corrected chi connectivity index (χ4v) is 7.39. The van der Waals surface area contributed by atoms with Crippen LogP contribution in [0.3, 0.4) is 0 Å². The highest BCUT2D eigenvalue weighted by Crippen LogP contribution is 2.42. The largest absolute Gasteiger partial charge is 0.477 e. The van der Waals surface area contributed by atoms with Crippen LogP contribution in [0, 0.1) is 6.92 Å². The van der Waals surface area contributed by atoms with Crippen molar-refractivity contribution >= 4 is 64.4 Å². The minimum atomic E-state index is -4.44. The van der Waals surface area contributed by atoms with Crippen molar-refractivity contribution < 1.29 is 32.7 Å². The van der Waals surface area contributed by atoms with Crippen LogP contribution in [0.15, 0.2) is 44.8 Å². The second-order valence-corrected chi connectivity index (χ2v) is 12.0. The molecule has 0 aliphatic carbocycles. The predicted molar refractivity (Wildman–Crippen MR) is 127 cm³/mol. The van der Waals surface area contributed by atoms with Gasteiger partial charge in [-0.25, -0.2) is 4.79 Å². The van der Waals surface area contributed by atoms with Gasteiger partial charge >= 0.3 is 12.1 Å². The van der Waals surface area contributed by atoms with E-state index in [-0.39, 0.29) is 11.4 Å². The van der Waals surface area contributed by atoms with E-state index in [2.05, 4.69) is 15.5 Å². The number of aryl methyl sites for hydroxylation is 1. The van der Waals surface area contributed by atoms with Crippen LogP contribution in [0.2, 0.25) is 0 Å². The zero-order chi connectivity index (χ0) is 25.3. The van der Waals surface area contributed by atoms with Crippen LogP contribution in [0.1, 0.15) is 10.6 Å². The third kappa shape index (κ3) is 5.78. The number of carbonyl (C=O) groups excluding carboxylic acids is 2. The Kier molecular flexibility index (Phi) is 7.68. The summed E-state index contributed by atoms with van der Waals surface area (Å²) in [6, 6.07) is 3.57. The lowest BCUT2D eigenvalue weighted by molar-refractivity contribution is -0.150. The first-order chi connectivity index (χ1) is 16.5. The van der Waals surface area contributed by atoms with Gasteiger partial charge in [0.05, 0.1) is 11.3 Å². The van der Waals surface area contributed by atoms with Crippen LogP contribution >= 0.6 is 46.6 Å². The number of hydrogen-bond donors (Lipinski definition) is 2. The number of halogens is 3. The highest BCUT2D eigenvalue weighted by molar-refractivity contribution is 8.02. The topological polar surface area (TPSA) is 112 Å². The lowest BCUT2D eigenvalue weighted by atomic mass is 10.0. The van der Waals surface area contributed by atoms with Crippen LogP contribution in [-0.4, -0.2) is 66.7 Å². The van der Waals surface area contributed by atoms with E-state index in [4.69, 9.17) is 0 Å². The van der Waals surface area contributed by atoms with Crippen LogP contribution in [-0.2, 0) is 20.6 Å². The van der Waals surface area contributed by atoms with Crippen LogP contribution in [0.25, 0.3) is 0 Å². The Labute approximate surface area is 214 Å². The number of alkyl halides is 3. The molecular formula is C20H17F3N4O4S4. The van der Waals surface area contributed by atoms with Gasteiger partial charge < -0.3 is 10.4 Å². The first kappa shape index (κ1) is 25.9. The monoisotopic (exact) mass is 562 g/mol. The van der Waals surface area contributed by atoms with Crippen molar-refractivity contribution in [2.45, 2.75) is 33.8 Å². The van der Waals surface area contributed by atoms with Gasteiger partial charge in [-0.3, -0.25) is 14.5 Å². The van der Waals surface area contributed by atoms with Gasteiger partial charge in [0, 0.05) is 16.4 Å². The zero-order valence-electron chi connectivity index (χ0n) is 17.9. The van der Waals surface area contributed by atoms with Crippen molar-refractivity contribution in [2.24, 2.45) is 0 Å². The molecule has 1 fully saturated rings. The highest BCUT2D eigenvalue weighted by Gasteiger charge is 2.54. The summed E-state index contributed by atoms with van der Waals surface area (Å²) in [7, 11) is 0. The molecule has 0 bridgehead atoms. The molecular weight excluding hydrogens is 546 g/mol. The van der Waals surface area contributed by atoms with E-state index in [1.807, 2.05) is 6.92 Å². The van der Waals surface area contributed by atoms with E-state index >= 15 is 0 Å². The molecule has 3 heterocycles. The summed E-state index contributed by atoms with van der Waals surface area (Å²) in [6.07, 6.45) is -4.44. The Morgan fingerprint density at radius 2 is 1.94 bits per heavy atom. The molecule has 4 rings (SSSR count). The van der Waals surface area contributed by atoms with Crippen molar-refractivity contribution in [3.8, 4) is 0 Å². The molecule has 2 aliphatic rings. The molecule has 0 spiro atoms. The second-order valence-electron chi connectivity index (χ2n) is 7.40. The Morgan fingerprint density at radius 3 is 2.54 bits per heavy atom. The summed E-state index contributed by atoms with van der Waals surface area (Å²) in [5.41, 5.74) is -0.260. The third-order valence-electron chi connectivity index (χ3n) is 5.00. The van der Waals surface area contributed by atoms with Crippen molar-refractivity contribution in [1.29, 1.82) is 0 Å². The summed E-state index contributed by atoms with van der Waals surface area (Å²) >= 11 is 5.16. The van der Waals surface area contributed by atoms with Crippen LogP contribution < -0.4 is 5.32 Å². The number of benzene rings is 1. The van der Waals surface area contributed by atoms with Gasteiger partial charge in [-0.1, -0.05) is 23.1 Å². The number of aliphatic carboxylic acids is 1. The van der Waals surface area contributed by atoms with Gasteiger partial charge in [0.2, 0.25) is 5.91 Å². The van der Waals surface area contributed by atoms with E-state index in [0.29, 0.717) is 26.3 Å². The number of hydrogen-bond acceptors (Lipinski definition) is 9. The van der Waals surface area contributed by atoms with Gasteiger partial charge in [0.25, 0.3) is 5.91 Å². The number of carboxylic acids is 1. The third-order valence-corrected chi connectivity index (χ3v) is 9.41. The number of carbonyl (C=O) groups is 3. The van der Waals surface area contributed by atoms with Crippen molar-refractivity contribution in [3.05, 3.63) is 46.1 Å². The summed E-state index contributed by atoms with van der Waals surface area (Å²) in [6.45, 7) is 1.82. The normalized spacial score (nSPS) is 19.9. The molecule has 1 saturated heterocycles. The fourth-order valence-electron chi connectivity index (χ4n) is 3.38. The molecule has 2 aromatic rings. The van der Waals surface area contributed by atoms with E-state index in [9.17, 15) is 32.7 Å². The standard InChI is InChI=1S/C20H17F3N4O4S4/c1-9-25-26-19(35-9)34-7-10-6-33-17-14(16(29)27(17)15(10)18(30)31)24-13(28)8-32-12-4-2-11(3-5-12)20(21,22)23/h2-5,14,17H,6-8H2,1H3,(H,24,28)(H,30,31)/t14-,17-/m1/s1. The van der Waals surface area contributed by atoms with Gasteiger partial charge in [0.15, 0.2) is 4.34 Å². The lowest BCUT2D eigenvalue weighted by Crippen LogP contribution is -2.70. The Bertz CT molecular complexity index is 1190. The molecule has 0 unspecified atom stereocenters. The van der Waals surface area contributed by atoms with Crippen LogP contribution in [0.5, 0.6) is 0 Å². The molecule has 2 N–H and O–H groups in total. The molecule has 8 nitrogen and oxygen atoms in total. The average molecular weight is 563 g/mol. The molecule has 1 aromatic carbocycles. The smallest absolute Gasteiger partial charge is 0.416 e. The van der Waals surface area contributed by atoms with Crippen molar-refractivity contribution in [1.82, 2.24) is 20.4 Å². The molecule has 2 atom stereocenters. The zero-order valence-corrected chi connectivity index (χ0v) is 21.1. The molecule has 35 heavy (non-hydrogen) atoms. The van der Waals surface area contributed by atoms with E-state index < -0.39 is 40.9 Å². The number of amides is 2. The first-order valence-electron chi connectivity index (χ1n) is 9.97. The molecule has 2 aliphatic heterocycles. The minimum Gasteiger partial charge on any atom is -0.477 e. The molecule has 15 heteroatoms. The second kappa shape index (κ2) is 10.4. The summed E-state index contributed by atoms with van der Waals surface area (Å²) in [4.78, 5) is 38.7. The Balaban J connectivity index is 1.34.